The molecule has 1 aromatic carbocycles. The molecule has 0 saturated carbocycles. The van der Waals surface area contributed by atoms with Crippen molar-refractivity contribution in [3.05, 3.63) is 54.5 Å². The van der Waals surface area contributed by atoms with Crippen molar-refractivity contribution in [3.8, 4) is 5.75 Å². The van der Waals surface area contributed by atoms with E-state index in [1.54, 1.807) is 6.07 Å². The van der Waals surface area contributed by atoms with Crippen LogP contribution in [0.25, 0.3) is 5.65 Å². The summed E-state index contributed by atoms with van der Waals surface area (Å²) in [6.45, 7) is 0.356. The smallest absolute Gasteiger partial charge is 0.175 e. The minimum absolute atomic E-state index is 0.356. The first-order valence-corrected chi connectivity index (χ1v) is 5.60. The molecule has 2 heterocycles. The third-order valence-corrected chi connectivity index (χ3v) is 2.61. The summed E-state index contributed by atoms with van der Waals surface area (Å²) < 4.78 is 7.53. The zero-order chi connectivity index (χ0) is 12.4. The molecule has 3 aromatic rings. The summed E-state index contributed by atoms with van der Waals surface area (Å²) in [5.41, 5.74) is 7.17. The number of hydrogen-bond donors (Lipinski definition) is 1. The van der Waals surface area contributed by atoms with Crippen LogP contribution in [0.4, 0.5) is 5.69 Å². The number of benzene rings is 1. The number of nitrogens with zero attached hydrogens (tertiary/aromatic N) is 3. The third kappa shape index (κ3) is 1.98. The zero-order valence-corrected chi connectivity index (χ0v) is 9.65. The van der Waals surface area contributed by atoms with E-state index in [9.17, 15) is 0 Å². The molecule has 90 valence electrons. The quantitative estimate of drug-likeness (QED) is 0.710. The summed E-state index contributed by atoms with van der Waals surface area (Å²) in [6.07, 6.45) is 1.91. The maximum Gasteiger partial charge on any atom is 0.175 e. The molecule has 0 unspecified atom stereocenters. The van der Waals surface area contributed by atoms with E-state index in [4.69, 9.17) is 10.5 Å². The van der Waals surface area contributed by atoms with Crippen molar-refractivity contribution in [3.63, 3.8) is 0 Å². The highest BCUT2D eigenvalue weighted by atomic mass is 16.5. The van der Waals surface area contributed by atoms with E-state index in [0.29, 0.717) is 12.3 Å². The Labute approximate surface area is 104 Å². The van der Waals surface area contributed by atoms with E-state index in [-0.39, 0.29) is 0 Å². The minimum atomic E-state index is 0.356. The van der Waals surface area contributed by atoms with Gasteiger partial charge in [0.15, 0.2) is 11.5 Å². The standard InChI is InChI=1S/C13H12N4O/c14-10-4-3-5-11(8-10)18-9-13-16-15-12-6-1-2-7-17(12)13/h1-8H,9,14H2. The van der Waals surface area contributed by atoms with Crippen LogP contribution in [-0.4, -0.2) is 14.6 Å². The Morgan fingerprint density at radius 1 is 1.11 bits per heavy atom. The molecule has 0 bridgehead atoms. The van der Waals surface area contributed by atoms with Crippen LogP contribution in [-0.2, 0) is 6.61 Å². The Morgan fingerprint density at radius 3 is 2.94 bits per heavy atom. The number of pyridine rings is 1. The third-order valence-electron chi connectivity index (χ3n) is 2.61. The number of nitrogen functional groups attached to an aromatic ring is 1. The van der Waals surface area contributed by atoms with Crippen molar-refractivity contribution in [2.24, 2.45) is 0 Å². The molecule has 2 N–H and O–H groups in total. The molecule has 0 aliphatic carbocycles. The van der Waals surface area contributed by atoms with Crippen LogP contribution in [0.3, 0.4) is 0 Å². The molecule has 0 aliphatic rings. The maximum atomic E-state index is 5.68. The van der Waals surface area contributed by atoms with Crippen molar-refractivity contribution in [1.82, 2.24) is 14.6 Å². The molecule has 0 atom stereocenters. The minimum Gasteiger partial charge on any atom is -0.486 e. The topological polar surface area (TPSA) is 65.4 Å². The summed E-state index contributed by atoms with van der Waals surface area (Å²) in [4.78, 5) is 0. The molecule has 0 saturated heterocycles. The average Bonchev–Trinajstić information content (AvgIpc) is 2.80. The highest BCUT2D eigenvalue weighted by molar-refractivity contribution is 5.43. The summed E-state index contributed by atoms with van der Waals surface area (Å²) in [5.74, 6) is 1.48. The predicted molar refractivity (Wildman–Crippen MR) is 68.2 cm³/mol. The number of rotatable bonds is 3. The summed E-state index contributed by atoms with van der Waals surface area (Å²) >= 11 is 0. The molecule has 18 heavy (non-hydrogen) atoms. The Morgan fingerprint density at radius 2 is 2.06 bits per heavy atom. The number of fused-ring (bicyclic) bond motifs is 1. The van der Waals surface area contributed by atoms with Gasteiger partial charge in [-0.1, -0.05) is 12.1 Å². The summed E-state index contributed by atoms with van der Waals surface area (Å²) in [6, 6.07) is 13.1. The fourth-order valence-corrected chi connectivity index (χ4v) is 1.74. The van der Waals surface area contributed by atoms with Gasteiger partial charge in [0.25, 0.3) is 0 Å². The lowest BCUT2D eigenvalue weighted by Crippen LogP contribution is -2.01. The Kier molecular flexibility index (Phi) is 2.57. The van der Waals surface area contributed by atoms with E-state index in [2.05, 4.69) is 10.2 Å². The van der Waals surface area contributed by atoms with E-state index in [1.165, 1.54) is 0 Å². The molecule has 0 amide bonds. The van der Waals surface area contributed by atoms with Crippen molar-refractivity contribution in [2.45, 2.75) is 6.61 Å². The molecule has 2 aromatic heterocycles. The van der Waals surface area contributed by atoms with Gasteiger partial charge in [-0.2, -0.15) is 0 Å². The van der Waals surface area contributed by atoms with Crippen molar-refractivity contribution < 1.29 is 4.74 Å². The molecule has 0 fully saturated rings. The van der Waals surface area contributed by atoms with Gasteiger partial charge < -0.3 is 10.5 Å². The molecule has 5 nitrogen and oxygen atoms in total. The number of hydrogen-bond acceptors (Lipinski definition) is 4. The number of anilines is 1. The molecule has 0 radical (unpaired) electrons. The van der Waals surface area contributed by atoms with Gasteiger partial charge in [0.1, 0.15) is 12.4 Å². The summed E-state index contributed by atoms with van der Waals surface area (Å²) in [7, 11) is 0. The Bertz CT molecular complexity index is 677. The summed E-state index contributed by atoms with van der Waals surface area (Å²) in [5, 5.41) is 8.15. The van der Waals surface area contributed by atoms with Crippen molar-refractivity contribution >= 4 is 11.3 Å². The number of ether oxygens (including phenoxy) is 1. The zero-order valence-electron chi connectivity index (χ0n) is 9.65. The molecular weight excluding hydrogens is 228 g/mol. The van der Waals surface area contributed by atoms with Gasteiger partial charge in [-0.25, -0.2) is 0 Å². The van der Waals surface area contributed by atoms with Gasteiger partial charge in [-0.15, -0.1) is 10.2 Å². The number of aromatic nitrogens is 3. The van der Waals surface area contributed by atoms with Gasteiger partial charge in [0, 0.05) is 18.0 Å². The second kappa shape index (κ2) is 4.37. The normalized spacial score (nSPS) is 10.7. The maximum absolute atomic E-state index is 5.68. The van der Waals surface area contributed by atoms with Crippen molar-refractivity contribution in [1.29, 1.82) is 0 Å². The van der Waals surface area contributed by atoms with Crippen LogP contribution >= 0.6 is 0 Å². The molecular formula is C13H12N4O. The SMILES string of the molecule is Nc1cccc(OCc2nnc3ccccn23)c1. The second-order valence-electron chi connectivity index (χ2n) is 3.91. The lowest BCUT2D eigenvalue weighted by molar-refractivity contribution is 0.294. The van der Waals surface area contributed by atoms with E-state index in [1.807, 2.05) is 47.0 Å². The van der Waals surface area contributed by atoms with Crippen LogP contribution in [0.15, 0.2) is 48.7 Å². The Hall–Kier alpha value is -2.56. The first kappa shape index (κ1) is 10.6. The molecule has 3 rings (SSSR count). The van der Waals surface area contributed by atoms with Gasteiger partial charge in [-0.3, -0.25) is 4.40 Å². The van der Waals surface area contributed by atoms with Crippen LogP contribution in [0.5, 0.6) is 5.75 Å². The second-order valence-corrected chi connectivity index (χ2v) is 3.91. The van der Waals surface area contributed by atoms with E-state index < -0.39 is 0 Å². The van der Waals surface area contributed by atoms with Gasteiger partial charge in [-0.05, 0) is 24.3 Å². The first-order chi connectivity index (χ1) is 8.83. The number of nitrogens with two attached hydrogens (primary N) is 1. The first-order valence-electron chi connectivity index (χ1n) is 5.60. The van der Waals surface area contributed by atoms with Crippen LogP contribution in [0.2, 0.25) is 0 Å². The molecule has 0 spiro atoms. The van der Waals surface area contributed by atoms with Crippen molar-refractivity contribution in [2.75, 3.05) is 5.73 Å². The monoisotopic (exact) mass is 240 g/mol. The van der Waals surface area contributed by atoms with Gasteiger partial charge >= 0.3 is 0 Å². The van der Waals surface area contributed by atoms with Crippen LogP contribution < -0.4 is 10.5 Å². The lowest BCUT2D eigenvalue weighted by Gasteiger charge is -2.05. The lowest BCUT2D eigenvalue weighted by atomic mass is 10.3. The fraction of sp³-hybridized carbons (Fsp3) is 0.0769. The van der Waals surface area contributed by atoms with E-state index >= 15 is 0 Å². The molecule has 0 aliphatic heterocycles. The highest BCUT2D eigenvalue weighted by Gasteiger charge is 2.05. The Balaban J connectivity index is 1.81. The van der Waals surface area contributed by atoms with Crippen LogP contribution in [0.1, 0.15) is 5.82 Å². The van der Waals surface area contributed by atoms with Crippen LogP contribution in [0, 0.1) is 0 Å². The van der Waals surface area contributed by atoms with Gasteiger partial charge in [0.2, 0.25) is 0 Å². The average molecular weight is 240 g/mol. The highest BCUT2D eigenvalue weighted by Crippen LogP contribution is 2.15. The van der Waals surface area contributed by atoms with E-state index in [0.717, 1.165) is 17.2 Å². The van der Waals surface area contributed by atoms with Gasteiger partial charge in [0.05, 0.1) is 0 Å². The predicted octanol–water partition coefficient (Wildman–Crippen LogP) is 1.89. The largest absolute Gasteiger partial charge is 0.486 e. The fourth-order valence-electron chi connectivity index (χ4n) is 1.74. The molecule has 5 heteroatoms.